The van der Waals surface area contributed by atoms with Crippen LogP contribution in [-0.2, 0) is 6.42 Å². The van der Waals surface area contributed by atoms with Gasteiger partial charge >= 0.3 is 6.03 Å². The Kier molecular flexibility index (Phi) is 4.91. The lowest BCUT2D eigenvalue weighted by atomic mass is 10.1. The number of rotatable bonds is 5. The third-order valence-corrected chi connectivity index (χ3v) is 6.03. The molecule has 2 heterocycles. The van der Waals surface area contributed by atoms with Crippen molar-refractivity contribution in [3.8, 4) is 5.75 Å². The highest BCUT2D eigenvalue weighted by Gasteiger charge is 2.12. The van der Waals surface area contributed by atoms with Crippen molar-refractivity contribution in [3.63, 3.8) is 0 Å². The highest BCUT2D eigenvalue weighted by molar-refractivity contribution is 7.24. The van der Waals surface area contributed by atoms with E-state index in [4.69, 9.17) is 4.74 Å². The number of hydrogen-bond donors (Lipinski definition) is 2. The van der Waals surface area contributed by atoms with Crippen LogP contribution < -0.4 is 15.4 Å². The van der Waals surface area contributed by atoms with Crippen molar-refractivity contribution in [1.82, 2.24) is 15.3 Å². The van der Waals surface area contributed by atoms with Gasteiger partial charge in [0.15, 0.2) is 5.13 Å². The van der Waals surface area contributed by atoms with Gasteiger partial charge < -0.3 is 10.1 Å². The van der Waals surface area contributed by atoms with Gasteiger partial charge in [0.25, 0.3) is 0 Å². The van der Waals surface area contributed by atoms with E-state index >= 15 is 0 Å². The maximum Gasteiger partial charge on any atom is 0.321 e. The van der Waals surface area contributed by atoms with Crippen LogP contribution in [0.4, 0.5) is 9.93 Å². The van der Waals surface area contributed by atoms with Crippen LogP contribution in [0, 0.1) is 6.92 Å². The number of anilines is 1. The first kappa shape index (κ1) is 17.7. The summed E-state index contributed by atoms with van der Waals surface area (Å²) in [6.45, 7) is 2.53. The first-order valence-corrected chi connectivity index (χ1v) is 10.1. The molecule has 0 saturated heterocycles. The van der Waals surface area contributed by atoms with Crippen molar-refractivity contribution in [1.29, 1.82) is 0 Å². The van der Waals surface area contributed by atoms with E-state index < -0.39 is 0 Å². The lowest BCUT2D eigenvalue weighted by Crippen LogP contribution is -2.30. The van der Waals surface area contributed by atoms with Crippen molar-refractivity contribution in [2.75, 3.05) is 19.0 Å². The Morgan fingerprint density at radius 2 is 1.93 bits per heavy atom. The number of thiazole rings is 2. The van der Waals surface area contributed by atoms with Crippen LogP contribution in [0.5, 0.6) is 5.75 Å². The molecular weight excluding hydrogens is 380 g/mol. The average Bonchev–Trinajstić information content (AvgIpc) is 3.24. The van der Waals surface area contributed by atoms with Crippen LogP contribution in [-0.4, -0.2) is 29.7 Å². The molecule has 4 rings (SSSR count). The fraction of sp³-hybridized carbons (Fsp3) is 0.211. The minimum Gasteiger partial charge on any atom is -0.497 e. The van der Waals surface area contributed by atoms with Gasteiger partial charge in [-0.15, -0.1) is 11.3 Å². The maximum absolute atomic E-state index is 12.2. The fourth-order valence-corrected chi connectivity index (χ4v) is 4.65. The van der Waals surface area contributed by atoms with Crippen LogP contribution in [0.3, 0.4) is 0 Å². The van der Waals surface area contributed by atoms with Crippen molar-refractivity contribution < 1.29 is 9.53 Å². The monoisotopic (exact) mass is 398 g/mol. The minimum atomic E-state index is -0.256. The first-order valence-electron chi connectivity index (χ1n) is 8.47. The van der Waals surface area contributed by atoms with Gasteiger partial charge in [0.2, 0.25) is 0 Å². The van der Waals surface area contributed by atoms with Gasteiger partial charge in [0.1, 0.15) is 11.3 Å². The number of carbonyl (C=O) groups is 1. The lowest BCUT2D eigenvalue weighted by Gasteiger charge is -2.06. The van der Waals surface area contributed by atoms with Crippen molar-refractivity contribution >= 4 is 54.3 Å². The summed E-state index contributed by atoms with van der Waals surface area (Å²) >= 11 is 3.11. The van der Waals surface area contributed by atoms with E-state index in [-0.39, 0.29) is 6.03 Å². The first-order chi connectivity index (χ1) is 13.1. The largest absolute Gasteiger partial charge is 0.497 e. The van der Waals surface area contributed by atoms with Gasteiger partial charge in [-0.2, -0.15) is 0 Å². The topological polar surface area (TPSA) is 76.1 Å². The van der Waals surface area contributed by atoms with Gasteiger partial charge in [-0.25, -0.2) is 14.8 Å². The summed E-state index contributed by atoms with van der Waals surface area (Å²) in [5, 5.41) is 7.28. The van der Waals surface area contributed by atoms with E-state index in [2.05, 4.69) is 20.6 Å². The van der Waals surface area contributed by atoms with Crippen molar-refractivity contribution in [2.45, 2.75) is 13.3 Å². The second-order valence-corrected chi connectivity index (χ2v) is 8.23. The van der Waals surface area contributed by atoms with E-state index in [1.54, 1.807) is 18.4 Å². The molecule has 8 heteroatoms. The molecule has 2 amide bonds. The molecule has 0 aliphatic carbocycles. The summed E-state index contributed by atoms with van der Waals surface area (Å²) in [4.78, 5) is 21.2. The number of ether oxygens (including phenoxy) is 1. The normalized spacial score (nSPS) is 11.0. The number of nitrogens with zero attached hydrogens (tertiary/aromatic N) is 2. The fourth-order valence-electron chi connectivity index (χ4n) is 2.79. The molecule has 0 fully saturated rings. The Hall–Kier alpha value is -2.71. The van der Waals surface area contributed by atoms with Gasteiger partial charge in [-0.1, -0.05) is 23.5 Å². The Morgan fingerprint density at radius 1 is 1.11 bits per heavy atom. The Morgan fingerprint density at radius 3 is 2.70 bits per heavy atom. The summed E-state index contributed by atoms with van der Waals surface area (Å²) < 4.78 is 7.29. The molecule has 0 unspecified atom stereocenters. The predicted molar refractivity (Wildman–Crippen MR) is 111 cm³/mol. The van der Waals surface area contributed by atoms with Gasteiger partial charge in [-0.3, -0.25) is 5.32 Å². The van der Waals surface area contributed by atoms with Crippen LogP contribution in [0.15, 0.2) is 36.4 Å². The van der Waals surface area contributed by atoms with E-state index in [1.807, 2.05) is 43.3 Å². The second-order valence-electron chi connectivity index (χ2n) is 5.99. The van der Waals surface area contributed by atoms with E-state index in [1.165, 1.54) is 11.3 Å². The molecule has 2 N–H and O–H groups in total. The van der Waals surface area contributed by atoms with Crippen LogP contribution in [0.1, 0.15) is 10.6 Å². The Labute approximate surface area is 164 Å². The number of benzene rings is 2. The number of methoxy groups -OCH3 is 1. The number of carbonyl (C=O) groups excluding carboxylic acids is 1. The smallest absolute Gasteiger partial charge is 0.321 e. The third-order valence-electron chi connectivity index (χ3n) is 4.10. The minimum absolute atomic E-state index is 0.256. The Bertz CT molecular complexity index is 1100. The number of hydrogen-bond acceptors (Lipinski definition) is 6. The number of urea groups is 1. The van der Waals surface area contributed by atoms with Crippen molar-refractivity contribution in [2.24, 2.45) is 0 Å². The molecule has 2 aromatic carbocycles. The standard InChI is InChI=1S/C19H18N4O2S2/c1-11-21-16-15(26-11)8-7-14-17(16)27-19(22-14)23-18(24)20-10-9-12-3-5-13(25-2)6-4-12/h3-8H,9-10H2,1-2H3,(H2,20,22,23,24). The highest BCUT2D eigenvalue weighted by atomic mass is 32.1. The molecule has 0 spiro atoms. The molecule has 0 aliphatic heterocycles. The van der Waals surface area contributed by atoms with Crippen LogP contribution in [0.2, 0.25) is 0 Å². The summed E-state index contributed by atoms with van der Waals surface area (Å²) in [6, 6.07) is 11.6. The predicted octanol–water partition coefficient (Wildman–Crippen LogP) is 4.59. The zero-order chi connectivity index (χ0) is 18.8. The number of fused-ring (bicyclic) bond motifs is 3. The quantitative estimate of drug-likeness (QED) is 0.516. The van der Waals surface area contributed by atoms with Crippen LogP contribution in [0.25, 0.3) is 20.4 Å². The number of nitrogens with one attached hydrogen (secondary N) is 2. The molecule has 0 radical (unpaired) electrons. The SMILES string of the molecule is COc1ccc(CCNC(=O)Nc2nc3ccc4sc(C)nc4c3s2)cc1. The van der Waals surface area contributed by atoms with Gasteiger partial charge in [0, 0.05) is 6.54 Å². The molecule has 4 aromatic rings. The zero-order valence-electron chi connectivity index (χ0n) is 14.9. The lowest BCUT2D eigenvalue weighted by molar-refractivity contribution is 0.252. The number of aryl methyl sites for hydroxylation is 1. The molecule has 6 nitrogen and oxygen atoms in total. The number of amides is 2. The summed E-state index contributed by atoms with van der Waals surface area (Å²) in [7, 11) is 1.64. The van der Waals surface area contributed by atoms with E-state index in [0.717, 1.165) is 43.2 Å². The summed E-state index contributed by atoms with van der Waals surface area (Å²) in [5.74, 6) is 0.824. The number of aromatic nitrogens is 2. The molecular formula is C19H18N4O2S2. The van der Waals surface area contributed by atoms with E-state index in [0.29, 0.717) is 11.7 Å². The maximum atomic E-state index is 12.2. The molecule has 0 bridgehead atoms. The van der Waals surface area contributed by atoms with Crippen molar-refractivity contribution in [3.05, 3.63) is 47.0 Å². The Balaban J connectivity index is 1.38. The molecule has 138 valence electrons. The summed E-state index contributed by atoms with van der Waals surface area (Å²) in [6.07, 6.45) is 0.746. The molecule has 0 saturated carbocycles. The molecule has 0 aliphatic rings. The second kappa shape index (κ2) is 7.50. The highest BCUT2D eigenvalue weighted by Crippen LogP contribution is 2.34. The average molecular weight is 399 g/mol. The molecule has 0 atom stereocenters. The third kappa shape index (κ3) is 3.86. The zero-order valence-corrected chi connectivity index (χ0v) is 16.5. The molecule has 2 aromatic heterocycles. The summed E-state index contributed by atoms with van der Waals surface area (Å²) in [5.41, 5.74) is 2.95. The van der Waals surface area contributed by atoms with E-state index in [9.17, 15) is 4.79 Å². The van der Waals surface area contributed by atoms with Gasteiger partial charge in [-0.05, 0) is 43.2 Å². The van der Waals surface area contributed by atoms with Gasteiger partial charge in [0.05, 0.1) is 27.0 Å². The molecule has 27 heavy (non-hydrogen) atoms. The van der Waals surface area contributed by atoms with Crippen LogP contribution >= 0.6 is 22.7 Å².